The van der Waals surface area contributed by atoms with Gasteiger partial charge in [0.05, 0.1) is 0 Å². The average Bonchev–Trinajstić information content (AvgIpc) is 2.68. The molecule has 3 rings (SSSR count). The fraction of sp³-hybridized carbons (Fsp3) is 0.667. The predicted molar refractivity (Wildman–Crippen MR) is 113 cm³/mol. The summed E-state index contributed by atoms with van der Waals surface area (Å²) in [6.45, 7) is 2.02. The first-order valence-electron chi connectivity index (χ1n) is 10.7. The molecule has 0 bridgehead atoms. The second-order valence-electron chi connectivity index (χ2n) is 8.59. The third-order valence-electron chi connectivity index (χ3n) is 7.06. The number of halogens is 2. The number of allylic oxidation sites excluding steroid dienone is 1. The monoisotopic (exact) mass is 420 g/mol. The molecule has 26 heavy (non-hydrogen) atoms. The van der Waals surface area contributed by atoms with Crippen molar-refractivity contribution in [2.45, 2.75) is 77.6 Å². The van der Waals surface area contributed by atoms with E-state index in [1.54, 1.807) is 6.07 Å². The topological polar surface area (TPSA) is 0 Å². The van der Waals surface area contributed by atoms with Crippen molar-refractivity contribution in [2.75, 3.05) is 0 Å². The van der Waals surface area contributed by atoms with E-state index in [1.165, 1.54) is 63.4 Å². The Balaban J connectivity index is 1.39. The highest BCUT2D eigenvalue weighted by atomic mass is 79.9. The van der Waals surface area contributed by atoms with E-state index in [4.69, 9.17) is 0 Å². The van der Waals surface area contributed by atoms with Crippen LogP contribution in [0.15, 0.2) is 29.3 Å². The second kappa shape index (κ2) is 10.1. The molecule has 0 saturated heterocycles. The molecule has 2 aliphatic rings. The molecule has 0 atom stereocenters. The molecule has 1 aromatic rings. The van der Waals surface area contributed by atoms with Crippen molar-refractivity contribution < 1.29 is 4.39 Å². The molecule has 1 aromatic carbocycles. The lowest BCUT2D eigenvalue weighted by Crippen LogP contribution is -2.25. The molecular weight excluding hydrogens is 387 g/mol. The van der Waals surface area contributed by atoms with Gasteiger partial charge in [-0.15, -0.1) is 0 Å². The third kappa shape index (κ3) is 5.44. The van der Waals surface area contributed by atoms with Crippen LogP contribution < -0.4 is 0 Å². The fourth-order valence-electron chi connectivity index (χ4n) is 5.26. The van der Waals surface area contributed by atoms with Crippen molar-refractivity contribution in [3.8, 4) is 0 Å². The number of hydrogen-bond acceptors (Lipinski definition) is 0. The van der Waals surface area contributed by atoms with Gasteiger partial charge in [-0.05, 0) is 104 Å². The van der Waals surface area contributed by atoms with Gasteiger partial charge in [0.2, 0.25) is 0 Å². The summed E-state index contributed by atoms with van der Waals surface area (Å²) in [5.41, 5.74) is 2.02. The number of aryl methyl sites for hydroxylation is 2. The van der Waals surface area contributed by atoms with Gasteiger partial charge in [0.25, 0.3) is 0 Å². The maximum Gasteiger partial charge on any atom is 0.126 e. The highest BCUT2D eigenvalue weighted by molar-refractivity contribution is 9.11. The zero-order valence-corrected chi connectivity index (χ0v) is 17.8. The van der Waals surface area contributed by atoms with E-state index in [-0.39, 0.29) is 5.82 Å². The summed E-state index contributed by atoms with van der Waals surface area (Å²) in [5, 5.41) is 0. The van der Waals surface area contributed by atoms with Crippen LogP contribution in [0.4, 0.5) is 4.39 Å². The first-order chi connectivity index (χ1) is 12.7. The smallest absolute Gasteiger partial charge is 0.126 e. The van der Waals surface area contributed by atoms with Crippen molar-refractivity contribution >= 4 is 15.9 Å². The molecule has 0 unspecified atom stereocenters. The summed E-state index contributed by atoms with van der Waals surface area (Å²) in [6, 6.07) is 5.88. The van der Waals surface area contributed by atoms with Gasteiger partial charge in [0.15, 0.2) is 0 Å². The number of rotatable bonds is 6. The molecule has 144 valence electrons. The van der Waals surface area contributed by atoms with Crippen LogP contribution in [-0.4, -0.2) is 0 Å². The van der Waals surface area contributed by atoms with Crippen molar-refractivity contribution in [3.05, 3.63) is 46.2 Å². The van der Waals surface area contributed by atoms with Gasteiger partial charge < -0.3 is 0 Å². The highest BCUT2D eigenvalue weighted by Gasteiger charge is 2.30. The van der Waals surface area contributed by atoms with Crippen LogP contribution in [0.2, 0.25) is 0 Å². The Morgan fingerprint density at radius 1 is 1.00 bits per heavy atom. The Morgan fingerprint density at radius 2 is 1.65 bits per heavy atom. The lowest BCUT2D eigenvalue weighted by atomic mass is 9.68. The molecule has 0 aromatic heterocycles. The van der Waals surface area contributed by atoms with E-state index in [2.05, 4.69) is 28.1 Å². The van der Waals surface area contributed by atoms with Gasteiger partial charge in [-0.25, -0.2) is 4.39 Å². The van der Waals surface area contributed by atoms with Crippen LogP contribution in [0.1, 0.15) is 75.8 Å². The molecule has 2 heteroatoms. The van der Waals surface area contributed by atoms with Gasteiger partial charge >= 0.3 is 0 Å². The summed E-state index contributed by atoms with van der Waals surface area (Å²) in [6.07, 6.45) is 16.7. The molecule has 0 aliphatic heterocycles. The van der Waals surface area contributed by atoms with Gasteiger partial charge in [-0.2, -0.15) is 0 Å². The largest absolute Gasteiger partial charge is 0.207 e. The Hall–Kier alpha value is -0.630. The van der Waals surface area contributed by atoms with E-state index >= 15 is 0 Å². The SMILES string of the molecule is CCc1ccc(CCC2CCC(C3CCC(/C=C/Br)CC3)CC2)cc1F. The maximum atomic E-state index is 13.9. The Morgan fingerprint density at radius 3 is 2.23 bits per heavy atom. The van der Waals surface area contributed by atoms with Gasteiger partial charge in [0, 0.05) is 0 Å². The molecule has 0 amide bonds. The summed E-state index contributed by atoms with van der Waals surface area (Å²) in [4.78, 5) is 2.05. The lowest BCUT2D eigenvalue weighted by Gasteiger charge is -2.37. The van der Waals surface area contributed by atoms with Crippen molar-refractivity contribution in [2.24, 2.45) is 23.7 Å². The molecule has 2 saturated carbocycles. The van der Waals surface area contributed by atoms with Crippen LogP contribution in [0, 0.1) is 29.5 Å². The molecular formula is C24H34BrF. The van der Waals surface area contributed by atoms with Crippen LogP contribution in [0.3, 0.4) is 0 Å². The molecule has 2 aliphatic carbocycles. The van der Waals surface area contributed by atoms with E-state index in [0.717, 1.165) is 42.1 Å². The zero-order chi connectivity index (χ0) is 18.4. The third-order valence-corrected chi connectivity index (χ3v) is 7.36. The molecule has 0 spiro atoms. The minimum Gasteiger partial charge on any atom is -0.207 e. The van der Waals surface area contributed by atoms with E-state index < -0.39 is 0 Å². The number of hydrogen-bond donors (Lipinski definition) is 0. The Bertz CT molecular complexity index is 578. The summed E-state index contributed by atoms with van der Waals surface area (Å²) in [5.74, 6) is 3.60. The van der Waals surface area contributed by atoms with Crippen LogP contribution in [0.25, 0.3) is 0 Å². The Kier molecular flexibility index (Phi) is 7.78. The molecule has 0 nitrogen and oxygen atoms in total. The first-order valence-corrected chi connectivity index (χ1v) is 11.6. The van der Waals surface area contributed by atoms with E-state index in [1.807, 2.05) is 18.0 Å². The van der Waals surface area contributed by atoms with Crippen molar-refractivity contribution in [3.63, 3.8) is 0 Å². The maximum absolute atomic E-state index is 13.9. The number of benzene rings is 1. The minimum atomic E-state index is -0.0148. The Labute approximate surface area is 167 Å². The average molecular weight is 421 g/mol. The van der Waals surface area contributed by atoms with E-state index in [9.17, 15) is 4.39 Å². The summed E-state index contributed by atoms with van der Waals surface area (Å²) < 4.78 is 13.9. The fourth-order valence-corrected chi connectivity index (χ4v) is 5.70. The van der Waals surface area contributed by atoms with Crippen molar-refractivity contribution in [1.29, 1.82) is 0 Å². The summed E-state index contributed by atoms with van der Waals surface area (Å²) in [7, 11) is 0. The molecule has 2 fully saturated rings. The second-order valence-corrected chi connectivity index (χ2v) is 9.12. The molecule has 0 N–H and O–H groups in total. The highest BCUT2D eigenvalue weighted by Crippen LogP contribution is 2.42. The molecule has 0 heterocycles. The minimum absolute atomic E-state index is 0.0148. The quantitative estimate of drug-likeness (QED) is 0.439. The standard InChI is InChI=1S/C24H34BrF/c1-2-21-10-9-20(17-24(21)26)4-3-18-5-11-22(12-6-18)23-13-7-19(8-14-23)15-16-25/h9-10,15-19,22-23H,2-8,11-14H2,1H3/b16-15+. The first kappa shape index (κ1) is 20.1. The van der Waals surface area contributed by atoms with Gasteiger partial charge in [-0.3, -0.25) is 0 Å². The summed E-state index contributed by atoms with van der Waals surface area (Å²) >= 11 is 3.42. The van der Waals surface area contributed by atoms with Crippen LogP contribution in [0.5, 0.6) is 0 Å². The van der Waals surface area contributed by atoms with E-state index in [0.29, 0.717) is 0 Å². The zero-order valence-electron chi connectivity index (χ0n) is 16.2. The lowest BCUT2D eigenvalue weighted by molar-refractivity contribution is 0.153. The van der Waals surface area contributed by atoms with Gasteiger partial charge in [-0.1, -0.05) is 53.9 Å². The normalized spacial score (nSPS) is 30.0. The van der Waals surface area contributed by atoms with Crippen molar-refractivity contribution in [1.82, 2.24) is 0 Å². The molecule has 0 radical (unpaired) electrons. The van der Waals surface area contributed by atoms with Crippen LogP contribution in [-0.2, 0) is 12.8 Å². The van der Waals surface area contributed by atoms with Crippen LogP contribution >= 0.6 is 15.9 Å². The van der Waals surface area contributed by atoms with Gasteiger partial charge in [0.1, 0.15) is 5.82 Å². The predicted octanol–water partition coefficient (Wildman–Crippen LogP) is 7.84.